The largest absolute Gasteiger partial charge is 0.467 e. The van der Waals surface area contributed by atoms with Gasteiger partial charge in [-0.1, -0.05) is 24.3 Å². The number of hydrogen-bond acceptors (Lipinski definition) is 4. The van der Waals surface area contributed by atoms with Crippen LogP contribution in [0.15, 0.2) is 36.5 Å². The van der Waals surface area contributed by atoms with Crippen LogP contribution in [0.3, 0.4) is 0 Å². The lowest BCUT2D eigenvalue weighted by Gasteiger charge is -2.06. The summed E-state index contributed by atoms with van der Waals surface area (Å²) in [6.45, 7) is 1.54. The summed E-state index contributed by atoms with van der Waals surface area (Å²) in [5, 5.41) is 0. The van der Waals surface area contributed by atoms with Gasteiger partial charge in [0.05, 0.1) is 12.8 Å². The Labute approximate surface area is 99.3 Å². The predicted molar refractivity (Wildman–Crippen MR) is 64.0 cm³/mol. The fourth-order valence-electron chi connectivity index (χ4n) is 1.60. The van der Waals surface area contributed by atoms with Crippen LogP contribution < -0.4 is 4.74 Å². The summed E-state index contributed by atoms with van der Waals surface area (Å²) >= 11 is 0. The van der Waals surface area contributed by atoms with Crippen LogP contribution in [-0.2, 0) is 0 Å². The number of nitrogens with zero attached hydrogens (tertiary/aromatic N) is 2. The minimum Gasteiger partial charge on any atom is -0.467 e. The van der Waals surface area contributed by atoms with Crippen LogP contribution in [-0.4, -0.2) is 22.9 Å². The Morgan fingerprint density at radius 3 is 2.71 bits per heavy atom. The lowest BCUT2D eigenvalue weighted by Crippen LogP contribution is -1.98. The molecule has 0 N–H and O–H groups in total. The number of rotatable bonds is 3. The molecule has 0 amide bonds. The van der Waals surface area contributed by atoms with E-state index in [2.05, 4.69) is 9.97 Å². The number of benzene rings is 1. The third kappa shape index (κ3) is 2.30. The third-order valence-electron chi connectivity index (χ3n) is 2.40. The second-order valence-electron chi connectivity index (χ2n) is 3.53. The Morgan fingerprint density at radius 1 is 1.24 bits per heavy atom. The molecule has 4 nitrogen and oxygen atoms in total. The molecule has 1 aromatic heterocycles. The molecule has 0 fully saturated rings. The molecule has 0 aliphatic heterocycles. The van der Waals surface area contributed by atoms with Crippen LogP contribution in [0, 0.1) is 0 Å². The number of Topliss-reactive ketones (excluding diaryl/α,β-unsaturated/α-hetero) is 1. The Balaban J connectivity index is 2.56. The summed E-state index contributed by atoms with van der Waals surface area (Å²) in [4.78, 5) is 19.7. The first-order valence-corrected chi connectivity index (χ1v) is 5.19. The van der Waals surface area contributed by atoms with E-state index >= 15 is 0 Å². The molecule has 0 saturated heterocycles. The van der Waals surface area contributed by atoms with Crippen molar-refractivity contribution in [2.75, 3.05) is 7.11 Å². The van der Waals surface area contributed by atoms with Gasteiger partial charge in [0.25, 0.3) is 0 Å². The molecule has 0 atom stereocenters. The standard InChI is InChI=1S/C13H12N2O2/c1-9(16)10-5-3-4-6-11(10)12-7-8-14-13(15-12)17-2/h3-8H,1-2H3. The van der Waals surface area contributed by atoms with Crippen LogP contribution in [0.5, 0.6) is 6.01 Å². The van der Waals surface area contributed by atoms with Crippen molar-refractivity contribution < 1.29 is 9.53 Å². The second kappa shape index (κ2) is 4.74. The van der Waals surface area contributed by atoms with E-state index in [-0.39, 0.29) is 5.78 Å². The number of carbonyl (C=O) groups is 1. The van der Waals surface area contributed by atoms with Gasteiger partial charge < -0.3 is 4.74 Å². The van der Waals surface area contributed by atoms with Crippen molar-refractivity contribution in [3.8, 4) is 17.3 Å². The molecule has 2 aromatic rings. The van der Waals surface area contributed by atoms with E-state index in [0.29, 0.717) is 17.3 Å². The van der Waals surface area contributed by atoms with Crippen molar-refractivity contribution in [2.24, 2.45) is 0 Å². The van der Waals surface area contributed by atoms with E-state index in [0.717, 1.165) is 5.56 Å². The average Bonchev–Trinajstić information content (AvgIpc) is 2.39. The lowest BCUT2D eigenvalue weighted by atomic mass is 10.0. The number of methoxy groups -OCH3 is 1. The molecule has 0 unspecified atom stereocenters. The zero-order chi connectivity index (χ0) is 12.3. The van der Waals surface area contributed by atoms with Crippen molar-refractivity contribution in [1.29, 1.82) is 0 Å². The van der Waals surface area contributed by atoms with Crippen LogP contribution in [0.2, 0.25) is 0 Å². The molecule has 1 aromatic carbocycles. The number of ketones is 1. The average molecular weight is 228 g/mol. The van der Waals surface area contributed by atoms with E-state index in [1.165, 1.54) is 14.0 Å². The van der Waals surface area contributed by atoms with Crippen molar-refractivity contribution in [3.05, 3.63) is 42.1 Å². The fourth-order valence-corrected chi connectivity index (χ4v) is 1.60. The second-order valence-corrected chi connectivity index (χ2v) is 3.53. The molecule has 4 heteroatoms. The van der Waals surface area contributed by atoms with Crippen molar-refractivity contribution in [2.45, 2.75) is 6.92 Å². The number of ether oxygens (including phenoxy) is 1. The molecule has 17 heavy (non-hydrogen) atoms. The van der Waals surface area contributed by atoms with E-state index < -0.39 is 0 Å². The minimum absolute atomic E-state index is 0.0122. The highest BCUT2D eigenvalue weighted by Crippen LogP contribution is 2.22. The first kappa shape index (κ1) is 11.3. The Morgan fingerprint density at radius 2 is 2.00 bits per heavy atom. The van der Waals surface area contributed by atoms with Crippen LogP contribution >= 0.6 is 0 Å². The van der Waals surface area contributed by atoms with Gasteiger partial charge in [-0.15, -0.1) is 0 Å². The van der Waals surface area contributed by atoms with Crippen LogP contribution in [0.1, 0.15) is 17.3 Å². The molecule has 0 saturated carbocycles. The number of hydrogen-bond donors (Lipinski definition) is 0. The molecule has 2 rings (SSSR count). The normalized spacial score (nSPS) is 10.0. The maximum Gasteiger partial charge on any atom is 0.316 e. The highest BCUT2D eigenvalue weighted by Gasteiger charge is 2.10. The number of aromatic nitrogens is 2. The smallest absolute Gasteiger partial charge is 0.316 e. The summed E-state index contributed by atoms with van der Waals surface area (Å²) < 4.78 is 4.97. The molecule has 1 heterocycles. The molecular formula is C13H12N2O2. The Bertz CT molecular complexity index is 553. The van der Waals surface area contributed by atoms with Gasteiger partial charge in [-0.25, -0.2) is 4.98 Å². The van der Waals surface area contributed by atoms with E-state index in [1.807, 2.05) is 18.2 Å². The van der Waals surface area contributed by atoms with E-state index in [4.69, 9.17) is 4.74 Å². The van der Waals surface area contributed by atoms with Crippen molar-refractivity contribution in [3.63, 3.8) is 0 Å². The van der Waals surface area contributed by atoms with Gasteiger partial charge in [0.15, 0.2) is 5.78 Å². The SMILES string of the molecule is COc1nccc(-c2ccccc2C(C)=O)n1. The molecule has 0 radical (unpaired) electrons. The van der Waals surface area contributed by atoms with Crippen LogP contribution in [0.4, 0.5) is 0 Å². The maximum absolute atomic E-state index is 11.5. The molecular weight excluding hydrogens is 216 g/mol. The topological polar surface area (TPSA) is 52.1 Å². The van der Waals surface area contributed by atoms with Crippen molar-refractivity contribution in [1.82, 2.24) is 9.97 Å². The van der Waals surface area contributed by atoms with Gasteiger partial charge in [-0.3, -0.25) is 4.79 Å². The minimum atomic E-state index is 0.0122. The zero-order valence-corrected chi connectivity index (χ0v) is 9.68. The highest BCUT2D eigenvalue weighted by atomic mass is 16.5. The third-order valence-corrected chi connectivity index (χ3v) is 2.40. The Hall–Kier alpha value is -2.23. The maximum atomic E-state index is 11.5. The van der Waals surface area contributed by atoms with E-state index in [9.17, 15) is 4.79 Å². The zero-order valence-electron chi connectivity index (χ0n) is 9.68. The fraction of sp³-hybridized carbons (Fsp3) is 0.154. The monoisotopic (exact) mass is 228 g/mol. The summed E-state index contributed by atoms with van der Waals surface area (Å²) in [5.74, 6) is 0.0122. The summed E-state index contributed by atoms with van der Waals surface area (Å²) in [6, 6.07) is 9.39. The first-order valence-electron chi connectivity index (χ1n) is 5.19. The molecule has 86 valence electrons. The van der Waals surface area contributed by atoms with Crippen LogP contribution in [0.25, 0.3) is 11.3 Å². The van der Waals surface area contributed by atoms with Gasteiger partial charge >= 0.3 is 6.01 Å². The molecule has 0 bridgehead atoms. The van der Waals surface area contributed by atoms with Gasteiger partial charge in [-0.2, -0.15) is 4.98 Å². The van der Waals surface area contributed by atoms with Gasteiger partial charge in [0.2, 0.25) is 0 Å². The molecule has 0 aliphatic carbocycles. The number of carbonyl (C=O) groups excluding carboxylic acids is 1. The highest BCUT2D eigenvalue weighted by molar-refractivity contribution is 6.00. The molecule has 0 spiro atoms. The first-order chi connectivity index (χ1) is 8.22. The van der Waals surface area contributed by atoms with Gasteiger partial charge in [0.1, 0.15) is 0 Å². The predicted octanol–water partition coefficient (Wildman–Crippen LogP) is 2.35. The van der Waals surface area contributed by atoms with Crippen molar-refractivity contribution >= 4 is 5.78 Å². The Kier molecular flexibility index (Phi) is 3.14. The lowest BCUT2D eigenvalue weighted by molar-refractivity contribution is 0.101. The quantitative estimate of drug-likeness (QED) is 0.757. The van der Waals surface area contributed by atoms with Gasteiger partial charge in [0, 0.05) is 17.3 Å². The molecule has 0 aliphatic rings. The summed E-state index contributed by atoms with van der Waals surface area (Å²) in [5.41, 5.74) is 2.12. The van der Waals surface area contributed by atoms with E-state index in [1.54, 1.807) is 18.3 Å². The summed E-state index contributed by atoms with van der Waals surface area (Å²) in [6.07, 6.45) is 1.61. The van der Waals surface area contributed by atoms with Gasteiger partial charge in [-0.05, 0) is 13.0 Å². The summed E-state index contributed by atoms with van der Waals surface area (Å²) in [7, 11) is 1.51.